The van der Waals surface area contributed by atoms with Crippen LogP contribution in [0.15, 0.2) is 42.6 Å². The number of aryl methyl sites for hydroxylation is 1. The Morgan fingerprint density at radius 2 is 1.95 bits per heavy atom. The van der Waals surface area contributed by atoms with Crippen LogP contribution >= 0.6 is 0 Å². The number of carbonyl (C=O) groups is 2. The maximum Gasteiger partial charge on any atom is 0.212 e. The molecular weight excluding hydrogens is 238 g/mol. The van der Waals surface area contributed by atoms with Crippen molar-refractivity contribution in [3.8, 4) is 0 Å². The van der Waals surface area contributed by atoms with E-state index in [4.69, 9.17) is 0 Å². The third-order valence-corrected chi connectivity index (χ3v) is 3.42. The predicted octanol–water partition coefficient (Wildman–Crippen LogP) is 2.83. The SMILES string of the molecule is O=C(c1ccccn1)c1cccc2c1C(=O)CCC2. The third-order valence-electron chi connectivity index (χ3n) is 3.42. The van der Waals surface area contributed by atoms with Gasteiger partial charge in [0.05, 0.1) is 0 Å². The summed E-state index contributed by atoms with van der Waals surface area (Å²) in [5, 5.41) is 0. The minimum Gasteiger partial charge on any atom is -0.294 e. The first-order valence-corrected chi connectivity index (χ1v) is 6.38. The second kappa shape index (κ2) is 4.76. The van der Waals surface area contributed by atoms with Crippen molar-refractivity contribution >= 4 is 11.6 Å². The number of hydrogen-bond acceptors (Lipinski definition) is 3. The monoisotopic (exact) mass is 251 g/mol. The van der Waals surface area contributed by atoms with Crippen molar-refractivity contribution in [1.82, 2.24) is 4.98 Å². The van der Waals surface area contributed by atoms with E-state index in [9.17, 15) is 9.59 Å². The molecule has 3 nitrogen and oxygen atoms in total. The highest BCUT2D eigenvalue weighted by molar-refractivity contribution is 6.15. The van der Waals surface area contributed by atoms with E-state index >= 15 is 0 Å². The van der Waals surface area contributed by atoms with Crippen molar-refractivity contribution in [2.75, 3.05) is 0 Å². The Balaban J connectivity index is 2.12. The number of hydrogen-bond donors (Lipinski definition) is 0. The molecule has 1 heterocycles. The zero-order chi connectivity index (χ0) is 13.2. The van der Waals surface area contributed by atoms with Crippen LogP contribution in [-0.2, 0) is 6.42 Å². The molecular formula is C16H13NO2. The number of aromatic nitrogens is 1. The predicted molar refractivity (Wildman–Crippen MR) is 71.4 cm³/mol. The first-order valence-electron chi connectivity index (χ1n) is 6.38. The maximum atomic E-state index is 12.4. The summed E-state index contributed by atoms with van der Waals surface area (Å²) in [4.78, 5) is 28.6. The zero-order valence-electron chi connectivity index (χ0n) is 10.4. The van der Waals surface area contributed by atoms with E-state index in [2.05, 4.69) is 4.98 Å². The van der Waals surface area contributed by atoms with Gasteiger partial charge in [0.15, 0.2) is 5.78 Å². The van der Waals surface area contributed by atoms with E-state index in [1.54, 1.807) is 30.5 Å². The molecule has 1 aliphatic carbocycles. The van der Waals surface area contributed by atoms with Gasteiger partial charge in [0.25, 0.3) is 0 Å². The van der Waals surface area contributed by atoms with Crippen LogP contribution in [0.2, 0.25) is 0 Å². The molecule has 0 aliphatic heterocycles. The highest BCUT2D eigenvalue weighted by Gasteiger charge is 2.24. The first kappa shape index (κ1) is 11.8. The van der Waals surface area contributed by atoms with Crippen LogP contribution in [0.1, 0.15) is 44.8 Å². The molecule has 2 aromatic rings. The van der Waals surface area contributed by atoms with Gasteiger partial charge in [0.1, 0.15) is 5.69 Å². The van der Waals surface area contributed by atoms with E-state index in [-0.39, 0.29) is 11.6 Å². The van der Waals surface area contributed by atoms with E-state index in [0.717, 1.165) is 18.4 Å². The number of carbonyl (C=O) groups excluding carboxylic acids is 2. The molecule has 1 aromatic carbocycles. The average molecular weight is 251 g/mol. The van der Waals surface area contributed by atoms with Gasteiger partial charge in [-0.3, -0.25) is 14.6 Å². The van der Waals surface area contributed by atoms with Gasteiger partial charge < -0.3 is 0 Å². The van der Waals surface area contributed by atoms with Crippen LogP contribution in [0.3, 0.4) is 0 Å². The Kier molecular flexibility index (Phi) is 2.95. The molecule has 0 atom stereocenters. The summed E-state index contributed by atoms with van der Waals surface area (Å²) in [6.07, 6.45) is 3.85. The molecule has 0 spiro atoms. The summed E-state index contributed by atoms with van der Waals surface area (Å²) in [6.45, 7) is 0. The topological polar surface area (TPSA) is 47.0 Å². The second-order valence-electron chi connectivity index (χ2n) is 4.66. The average Bonchev–Trinajstić information content (AvgIpc) is 2.47. The lowest BCUT2D eigenvalue weighted by molar-refractivity contribution is 0.0957. The lowest BCUT2D eigenvalue weighted by Crippen LogP contribution is -2.17. The standard InChI is InChI=1S/C16H13NO2/c18-14-9-4-6-11-5-3-7-12(15(11)14)16(19)13-8-1-2-10-17-13/h1-3,5,7-8,10H,4,6,9H2. The molecule has 3 heteroatoms. The van der Waals surface area contributed by atoms with Crippen molar-refractivity contribution in [2.24, 2.45) is 0 Å². The summed E-state index contributed by atoms with van der Waals surface area (Å²) >= 11 is 0. The summed E-state index contributed by atoms with van der Waals surface area (Å²) in [5.41, 5.74) is 2.46. The number of rotatable bonds is 2. The lowest BCUT2D eigenvalue weighted by Gasteiger charge is -2.17. The minimum absolute atomic E-state index is 0.0705. The van der Waals surface area contributed by atoms with Crippen LogP contribution in [0.4, 0.5) is 0 Å². The molecule has 0 amide bonds. The van der Waals surface area contributed by atoms with Gasteiger partial charge in [0.2, 0.25) is 5.78 Å². The number of ketones is 2. The number of pyridine rings is 1. The van der Waals surface area contributed by atoms with E-state index < -0.39 is 0 Å². The normalized spacial score (nSPS) is 14.0. The van der Waals surface area contributed by atoms with Crippen molar-refractivity contribution in [2.45, 2.75) is 19.3 Å². The van der Waals surface area contributed by atoms with Crippen LogP contribution in [0.5, 0.6) is 0 Å². The van der Waals surface area contributed by atoms with Gasteiger partial charge >= 0.3 is 0 Å². The van der Waals surface area contributed by atoms with Crippen LogP contribution in [0, 0.1) is 0 Å². The summed E-state index contributed by atoms with van der Waals surface area (Å²) in [6, 6.07) is 10.7. The van der Waals surface area contributed by atoms with Gasteiger partial charge in [-0.05, 0) is 30.5 Å². The Morgan fingerprint density at radius 3 is 2.74 bits per heavy atom. The highest BCUT2D eigenvalue weighted by Crippen LogP contribution is 2.25. The van der Waals surface area contributed by atoms with Crippen LogP contribution < -0.4 is 0 Å². The van der Waals surface area contributed by atoms with Gasteiger partial charge in [-0.15, -0.1) is 0 Å². The van der Waals surface area contributed by atoms with E-state index in [1.165, 1.54) is 0 Å². The second-order valence-corrected chi connectivity index (χ2v) is 4.66. The van der Waals surface area contributed by atoms with E-state index in [1.807, 2.05) is 12.1 Å². The Morgan fingerprint density at radius 1 is 1.05 bits per heavy atom. The smallest absolute Gasteiger partial charge is 0.212 e. The molecule has 94 valence electrons. The molecule has 0 radical (unpaired) electrons. The molecule has 0 N–H and O–H groups in total. The molecule has 3 rings (SSSR count). The zero-order valence-corrected chi connectivity index (χ0v) is 10.4. The molecule has 0 fully saturated rings. The summed E-state index contributed by atoms with van der Waals surface area (Å²) < 4.78 is 0. The summed E-state index contributed by atoms with van der Waals surface area (Å²) in [7, 11) is 0. The fourth-order valence-corrected chi connectivity index (χ4v) is 2.53. The molecule has 0 saturated carbocycles. The molecule has 19 heavy (non-hydrogen) atoms. The maximum absolute atomic E-state index is 12.4. The molecule has 0 unspecified atom stereocenters. The van der Waals surface area contributed by atoms with Gasteiger partial charge in [-0.2, -0.15) is 0 Å². The minimum atomic E-state index is -0.173. The van der Waals surface area contributed by atoms with Gasteiger partial charge in [0, 0.05) is 23.7 Å². The highest BCUT2D eigenvalue weighted by atomic mass is 16.1. The van der Waals surface area contributed by atoms with Gasteiger partial charge in [-0.25, -0.2) is 0 Å². The fourth-order valence-electron chi connectivity index (χ4n) is 2.53. The number of Topliss-reactive ketones (excluding diaryl/α,β-unsaturated/α-hetero) is 1. The van der Waals surface area contributed by atoms with Crippen molar-refractivity contribution in [3.05, 3.63) is 65.0 Å². The largest absolute Gasteiger partial charge is 0.294 e. The van der Waals surface area contributed by atoms with Gasteiger partial charge in [-0.1, -0.05) is 24.3 Å². The molecule has 0 bridgehead atoms. The molecule has 0 saturated heterocycles. The Hall–Kier alpha value is -2.29. The third kappa shape index (κ3) is 2.08. The van der Waals surface area contributed by atoms with Crippen LogP contribution in [0.25, 0.3) is 0 Å². The quantitative estimate of drug-likeness (QED) is 0.771. The Labute approximate surface area is 111 Å². The van der Waals surface area contributed by atoms with Crippen molar-refractivity contribution < 1.29 is 9.59 Å². The molecule has 1 aromatic heterocycles. The van der Waals surface area contributed by atoms with E-state index in [0.29, 0.717) is 23.2 Å². The lowest BCUT2D eigenvalue weighted by atomic mass is 9.85. The number of benzene rings is 1. The summed E-state index contributed by atoms with van der Waals surface area (Å²) in [5.74, 6) is -0.103. The Bertz CT molecular complexity index is 647. The van der Waals surface area contributed by atoms with Crippen molar-refractivity contribution in [3.63, 3.8) is 0 Å². The number of fused-ring (bicyclic) bond motifs is 1. The first-order chi connectivity index (χ1) is 9.27. The fraction of sp³-hybridized carbons (Fsp3) is 0.188. The number of nitrogens with zero attached hydrogens (tertiary/aromatic N) is 1. The van der Waals surface area contributed by atoms with Crippen molar-refractivity contribution in [1.29, 1.82) is 0 Å². The van der Waals surface area contributed by atoms with Crippen LogP contribution in [-0.4, -0.2) is 16.6 Å². The molecule has 1 aliphatic rings.